The molecule has 1 fully saturated rings. The molecule has 154 valence electrons. The Morgan fingerprint density at radius 1 is 1.03 bits per heavy atom. The zero-order valence-electron chi connectivity index (χ0n) is 17.4. The molecule has 0 radical (unpaired) electrons. The van der Waals surface area contributed by atoms with Crippen LogP contribution in [-0.2, 0) is 9.59 Å². The fourth-order valence-electron chi connectivity index (χ4n) is 3.81. The lowest BCUT2D eigenvalue weighted by molar-refractivity contribution is -0.896. The van der Waals surface area contributed by atoms with E-state index in [1.807, 2.05) is 23.1 Å². The van der Waals surface area contributed by atoms with Crippen LogP contribution in [0.5, 0.6) is 0 Å². The number of quaternary nitrogens is 2. The molecule has 1 atom stereocenters. The van der Waals surface area contributed by atoms with Gasteiger partial charge in [-0.2, -0.15) is 0 Å². The molecule has 0 bridgehead atoms. The maximum absolute atomic E-state index is 12.8. The molecule has 4 N–H and O–H groups in total. The molecule has 29 heavy (non-hydrogen) atoms. The minimum atomic E-state index is 0.0527. The van der Waals surface area contributed by atoms with Crippen molar-refractivity contribution >= 4 is 11.8 Å². The summed E-state index contributed by atoms with van der Waals surface area (Å²) in [6.07, 6.45) is 0. The van der Waals surface area contributed by atoms with Gasteiger partial charge in [-0.3, -0.25) is 9.59 Å². The molecule has 0 aliphatic carbocycles. The van der Waals surface area contributed by atoms with E-state index in [0.29, 0.717) is 26.2 Å². The summed E-state index contributed by atoms with van der Waals surface area (Å²) in [5.41, 5.74) is 3.63. The van der Waals surface area contributed by atoms with Crippen LogP contribution in [0.2, 0.25) is 0 Å². The molecule has 3 rings (SSSR count). The molecule has 2 amide bonds. The normalized spacial score (nSPS) is 15.7. The first-order chi connectivity index (χ1) is 14.1. The third kappa shape index (κ3) is 5.89. The molecule has 0 spiro atoms. The van der Waals surface area contributed by atoms with E-state index >= 15 is 0 Å². The Morgan fingerprint density at radius 3 is 2.28 bits per heavy atom. The van der Waals surface area contributed by atoms with Crippen molar-refractivity contribution in [2.45, 2.75) is 13.0 Å². The molecule has 2 aromatic rings. The molecule has 1 aliphatic rings. The van der Waals surface area contributed by atoms with Crippen LogP contribution in [0.4, 0.5) is 0 Å². The highest BCUT2D eigenvalue weighted by Gasteiger charge is 2.27. The van der Waals surface area contributed by atoms with Gasteiger partial charge in [0.05, 0.1) is 26.2 Å². The summed E-state index contributed by atoms with van der Waals surface area (Å²) in [5.74, 6) is 0.217. The van der Waals surface area contributed by atoms with E-state index in [1.165, 1.54) is 21.6 Å². The second-order valence-corrected chi connectivity index (χ2v) is 7.72. The molecule has 6 heteroatoms. The maximum atomic E-state index is 12.8. The van der Waals surface area contributed by atoms with E-state index in [2.05, 4.69) is 54.0 Å². The highest BCUT2D eigenvalue weighted by Crippen LogP contribution is 2.18. The summed E-state index contributed by atoms with van der Waals surface area (Å²) < 4.78 is 0. The van der Waals surface area contributed by atoms with Gasteiger partial charge in [-0.1, -0.05) is 60.2 Å². The molecule has 0 saturated carbocycles. The minimum Gasteiger partial charge on any atom is -0.354 e. The number of rotatable bonds is 7. The largest absolute Gasteiger partial charge is 0.354 e. The Bertz CT molecular complexity index is 799. The Hall–Kier alpha value is -2.70. The number of nitrogens with two attached hydrogens (primary N) is 1. The lowest BCUT2D eigenvalue weighted by Crippen LogP contribution is -3.16. The fourth-order valence-corrected chi connectivity index (χ4v) is 3.81. The fraction of sp³-hybridized carbons (Fsp3) is 0.391. The summed E-state index contributed by atoms with van der Waals surface area (Å²) in [6.45, 7) is 6.03. The van der Waals surface area contributed by atoms with Crippen molar-refractivity contribution in [1.29, 1.82) is 0 Å². The molecule has 1 saturated heterocycles. The van der Waals surface area contributed by atoms with Crippen molar-refractivity contribution in [3.63, 3.8) is 0 Å². The topological polar surface area (TPSA) is 70.5 Å². The van der Waals surface area contributed by atoms with Gasteiger partial charge in [-0.25, -0.2) is 0 Å². The number of hydrogen-bond donors (Lipinski definition) is 3. The van der Waals surface area contributed by atoms with Crippen LogP contribution in [-0.4, -0.2) is 63.0 Å². The van der Waals surface area contributed by atoms with Crippen LogP contribution in [0.1, 0.15) is 22.7 Å². The van der Waals surface area contributed by atoms with Gasteiger partial charge in [0.15, 0.2) is 13.1 Å². The number of carbonyl (C=O) groups is 2. The van der Waals surface area contributed by atoms with Crippen LogP contribution in [0.25, 0.3) is 0 Å². The zero-order valence-corrected chi connectivity index (χ0v) is 17.4. The van der Waals surface area contributed by atoms with Crippen LogP contribution >= 0.6 is 0 Å². The summed E-state index contributed by atoms with van der Waals surface area (Å²) in [5, 5.41) is 4.80. The minimum absolute atomic E-state index is 0.0527. The average molecular weight is 397 g/mol. The van der Waals surface area contributed by atoms with Crippen molar-refractivity contribution in [1.82, 2.24) is 10.2 Å². The molecule has 1 aliphatic heterocycles. The van der Waals surface area contributed by atoms with Gasteiger partial charge in [0.2, 0.25) is 0 Å². The van der Waals surface area contributed by atoms with Crippen LogP contribution in [0.3, 0.4) is 0 Å². The lowest BCUT2D eigenvalue weighted by atomic mass is 9.98. The van der Waals surface area contributed by atoms with Crippen molar-refractivity contribution in [3.8, 4) is 0 Å². The van der Waals surface area contributed by atoms with Crippen LogP contribution < -0.4 is 15.5 Å². The number of hydrogen-bond acceptors (Lipinski definition) is 2. The van der Waals surface area contributed by atoms with Crippen LogP contribution in [0, 0.1) is 6.92 Å². The second kappa shape index (κ2) is 10.2. The highest BCUT2D eigenvalue weighted by atomic mass is 16.2. The van der Waals surface area contributed by atoms with Gasteiger partial charge in [0, 0.05) is 18.2 Å². The van der Waals surface area contributed by atoms with E-state index in [9.17, 15) is 9.59 Å². The first-order valence-corrected chi connectivity index (χ1v) is 10.3. The molecule has 0 unspecified atom stereocenters. The molecule has 0 aromatic heterocycles. The van der Waals surface area contributed by atoms with Gasteiger partial charge in [0.1, 0.15) is 6.04 Å². The third-order valence-corrected chi connectivity index (χ3v) is 5.64. The summed E-state index contributed by atoms with van der Waals surface area (Å²) in [7, 11) is 1.66. The van der Waals surface area contributed by atoms with E-state index < -0.39 is 0 Å². The van der Waals surface area contributed by atoms with Gasteiger partial charge < -0.3 is 20.4 Å². The number of likely N-dealkylation sites (N-methyl/N-ethyl adjacent to an activating group) is 1. The van der Waals surface area contributed by atoms with Crippen molar-refractivity contribution < 1.29 is 19.8 Å². The summed E-state index contributed by atoms with van der Waals surface area (Å²) in [6, 6.07) is 19.0. The van der Waals surface area contributed by atoms with Crippen LogP contribution in [0.15, 0.2) is 54.6 Å². The van der Waals surface area contributed by atoms with E-state index in [-0.39, 0.29) is 17.9 Å². The Labute approximate surface area is 172 Å². The maximum Gasteiger partial charge on any atom is 0.278 e. The SMILES string of the molecule is CNC(=O)C[NH+]1CCN(C(=O)C[NH2+][C@@H](c2ccccc2)c2ccc(C)cc2)CC1. The van der Waals surface area contributed by atoms with E-state index in [1.54, 1.807) is 7.05 Å². The molecule has 2 aromatic carbocycles. The first kappa shape index (κ1) is 21.0. The van der Waals surface area contributed by atoms with Gasteiger partial charge >= 0.3 is 0 Å². The van der Waals surface area contributed by atoms with Crippen molar-refractivity contribution in [3.05, 3.63) is 71.3 Å². The molecular weight excluding hydrogens is 364 g/mol. The Kier molecular flexibility index (Phi) is 7.38. The number of carbonyl (C=O) groups excluding carboxylic acids is 2. The van der Waals surface area contributed by atoms with E-state index in [4.69, 9.17) is 0 Å². The number of nitrogens with zero attached hydrogens (tertiary/aromatic N) is 1. The number of piperazine rings is 1. The first-order valence-electron chi connectivity index (χ1n) is 10.3. The molecule has 6 nitrogen and oxygen atoms in total. The molecule has 1 heterocycles. The van der Waals surface area contributed by atoms with Gasteiger partial charge in [0.25, 0.3) is 11.8 Å². The summed E-state index contributed by atoms with van der Waals surface area (Å²) >= 11 is 0. The highest BCUT2D eigenvalue weighted by molar-refractivity contribution is 5.77. The smallest absolute Gasteiger partial charge is 0.278 e. The number of aryl methyl sites for hydroxylation is 1. The quantitative estimate of drug-likeness (QED) is 0.569. The number of benzene rings is 2. The predicted octanol–water partition coefficient (Wildman–Crippen LogP) is -0.879. The predicted molar refractivity (Wildman–Crippen MR) is 112 cm³/mol. The summed E-state index contributed by atoms with van der Waals surface area (Å²) in [4.78, 5) is 27.5. The second-order valence-electron chi connectivity index (χ2n) is 7.72. The number of amides is 2. The van der Waals surface area contributed by atoms with Crippen molar-refractivity contribution in [2.24, 2.45) is 0 Å². The third-order valence-electron chi connectivity index (χ3n) is 5.64. The van der Waals surface area contributed by atoms with Gasteiger partial charge in [-0.15, -0.1) is 0 Å². The monoisotopic (exact) mass is 396 g/mol. The standard InChI is InChI=1S/C23H30N4O2/c1-18-8-10-20(11-9-18)23(19-6-4-3-5-7-19)25-16-22(29)27-14-12-26(13-15-27)17-21(28)24-2/h3-11,23,25H,12-17H2,1-2H3,(H,24,28)/p+2/t23-/m0/s1. The van der Waals surface area contributed by atoms with Crippen molar-refractivity contribution in [2.75, 3.05) is 46.3 Å². The lowest BCUT2D eigenvalue weighted by Gasteiger charge is -2.31. The average Bonchev–Trinajstić information content (AvgIpc) is 2.76. The number of nitrogens with one attached hydrogen (secondary N) is 2. The Morgan fingerprint density at radius 2 is 1.66 bits per heavy atom. The van der Waals surface area contributed by atoms with Gasteiger partial charge in [-0.05, 0) is 6.92 Å². The van der Waals surface area contributed by atoms with E-state index in [0.717, 1.165) is 13.1 Å². The Balaban J connectivity index is 1.59. The zero-order chi connectivity index (χ0) is 20.6. The molecular formula is C23H32N4O2+2.